The van der Waals surface area contributed by atoms with Crippen molar-refractivity contribution >= 4 is 27.5 Å². The number of nitrogens with one attached hydrogen (secondary N) is 2. The highest BCUT2D eigenvalue weighted by Gasteiger charge is 2.31. The number of sulfonamides is 1. The van der Waals surface area contributed by atoms with Gasteiger partial charge in [-0.1, -0.05) is 31.5 Å². The first kappa shape index (κ1) is 25.8. The lowest BCUT2D eigenvalue weighted by molar-refractivity contribution is -0.126. The Bertz CT molecular complexity index is 1060. The summed E-state index contributed by atoms with van der Waals surface area (Å²) in [7, 11) is -4.05. The number of amides is 2. The molecular formula is C24H30FN3O5S. The summed E-state index contributed by atoms with van der Waals surface area (Å²) in [6.45, 7) is 2.37. The molecule has 0 saturated carbocycles. The van der Waals surface area contributed by atoms with Crippen LogP contribution in [0.25, 0.3) is 0 Å². The van der Waals surface area contributed by atoms with Gasteiger partial charge in [0.15, 0.2) is 0 Å². The number of hydrogen-bond donors (Lipinski definition) is 2. The lowest BCUT2D eigenvalue weighted by Crippen LogP contribution is -2.53. The maximum atomic E-state index is 13.3. The molecule has 1 saturated heterocycles. The Balaban J connectivity index is 1.78. The second kappa shape index (κ2) is 12.0. The third kappa shape index (κ3) is 6.85. The summed E-state index contributed by atoms with van der Waals surface area (Å²) in [4.78, 5) is 27.6. The van der Waals surface area contributed by atoms with E-state index in [0.29, 0.717) is 31.7 Å². The van der Waals surface area contributed by atoms with E-state index in [2.05, 4.69) is 10.0 Å². The molecule has 1 aliphatic heterocycles. The molecule has 0 aliphatic carbocycles. The molecule has 2 amide bonds. The third-order valence-electron chi connectivity index (χ3n) is 5.54. The first-order valence-corrected chi connectivity index (χ1v) is 12.8. The fraction of sp³-hybridized carbons (Fsp3) is 0.417. The van der Waals surface area contributed by atoms with Crippen molar-refractivity contribution in [2.24, 2.45) is 0 Å². The van der Waals surface area contributed by atoms with Crippen LogP contribution < -0.4 is 14.9 Å². The minimum Gasteiger partial charge on any atom is -0.376 e. The van der Waals surface area contributed by atoms with E-state index < -0.39 is 34.3 Å². The number of anilines is 1. The van der Waals surface area contributed by atoms with Gasteiger partial charge in [0.25, 0.3) is 0 Å². The third-order valence-corrected chi connectivity index (χ3v) is 6.96. The molecule has 2 unspecified atom stereocenters. The van der Waals surface area contributed by atoms with Gasteiger partial charge in [0.1, 0.15) is 11.9 Å². The molecule has 184 valence electrons. The molecule has 2 N–H and O–H groups in total. The first-order valence-electron chi connectivity index (χ1n) is 11.3. The number of nitrogens with zero attached hydrogens (tertiary/aromatic N) is 1. The van der Waals surface area contributed by atoms with Crippen LogP contribution in [0.2, 0.25) is 0 Å². The lowest BCUT2D eigenvalue weighted by Gasteiger charge is -2.31. The van der Waals surface area contributed by atoms with Crippen LogP contribution >= 0.6 is 0 Å². The highest BCUT2D eigenvalue weighted by atomic mass is 32.2. The van der Waals surface area contributed by atoms with Gasteiger partial charge < -0.3 is 10.1 Å². The van der Waals surface area contributed by atoms with E-state index in [0.717, 1.165) is 37.1 Å². The van der Waals surface area contributed by atoms with Gasteiger partial charge in [-0.15, -0.1) is 0 Å². The standard InChI is InChI=1S/C24H30FN3O5S/c1-2-7-22(24(30)26-16-20-10-6-15-33-20)28(19-8-4-3-5-9-19)23(29)17-27-34(31,32)21-13-11-18(25)12-14-21/h3-5,8-9,11-14,20,22,27H,2,6-7,10,15-17H2,1H3,(H,26,30). The molecule has 1 aliphatic rings. The summed E-state index contributed by atoms with van der Waals surface area (Å²) in [5.74, 6) is -1.47. The Kier molecular flexibility index (Phi) is 9.14. The fourth-order valence-electron chi connectivity index (χ4n) is 3.81. The molecule has 34 heavy (non-hydrogen) atoms. The van der Waals surface area contributed by atoms with E-state index in [4.69, 9.17) is 4.74 Å². The number of halogens is 1. The molecule has 0 aromatic heterocycles. The normalized spacial score (nSPS) is 16.7. The molecule has 0 spiro atoms. The van der Waals surface area contributed by atoms with Crippen LogP contribution in [-0.2, 0) is 24.3 Å². The van der Waals surface area contributed by atoms with Crippen molar-refractivity contribution in [3.8, 4) is 0 Å². The summed E-state index contributed by atoms with van der Waals surface area (Å²) >= 11 is 0. The van der Waals surface area contributed by atoms with Crippen molar-refractivity contribution in [3.05, 3.63) is 60.4 Å². The van der Waals surface area contributed by atoms with Crippen LogP contribution in [0.15, 0.2) is 59.5 Å². The minimum atomic E-state index is -4.05. The Morgan fingerprint density at radius 3 is 2.47 bits per heavy atom. The van der Waals surface area contributed by atoms with Gasteiger partial charge in [-0.3, -0.25) is 14.5 Å². The molecule has 0 radical (unpaired) electrons. The smallest absolute Gasteiger partial charge is 0.243 e. The molecule has 2 aromatic carbocycles. The van der Waals surface area contributed by atoms with E-state index in [1.54, 1.807) is 30.3 Å². The predicted octanol–water partition coefficient (Wildman–Crippen LogP) is 2.60. The summed E-state index contributed by atoms with van der Waals surface area (Å²) in [6.07, 6.45) is 2.79. The van der Waals surface area contributed by atoms with Crippen molar-refractivity contribution < 1.29 is 27.1 Å². The zero-order valence-corrected chi connectivity index (χ0v) is 19.9. The first-order chi connectivity index (χ1) is 16.3. The maximum absolute atomic E-state index is 13.3. The van der Waals surface area contributed by atoms with E-state index in [-0.39, 0.29) is 16.9 Å². The summed E-state index contributed by atoms with van der Waals surface area (Å²) < 4.78 is 46.2. The zero-order valence-electron chi connectivity index (χ0n) is 19.1. The second-order valence-corrected chi connectivity index (χ2v) is 9.83. The molecule has 2 atom stereocenters. The van der Waals surface area contributed by atoms with Crippen LogP contribution in [0.1, 0.15) is 32.6 Å². The average Bonchev–Trinajstić information content (AvgIpc) is 3.36. The molecule has 1 fully saturated rings. The quantitative estimate of drug-likeness (QED) is 0.503. The fourth-order valence-corrected chi connectivity index (χ4v) is 4.79. The van der Waals surface area contributed by atoms with Gasteiger partial charge in [-0.2, -0.15) is 0 Å². The van der Waals surface area contributed by atoms with Crippen molar-refractivity contribution in [1.82, 2.24) is 10.0 Å². The second-order valence-electron chi connectivity index (χ2n) is 8.06. The largest absolute Gasteiger partial charge is 0.376 e. The Hall–Kier alpha value is -2.82. The van der Waals surface area contributed by atoms with Crippen LogP contribution in [0.4, 0.5) is 10.1 Å². The Morgan fingerprint density at radius 1 is 1.15 bits per heavy atom. The van der Waals surface area contributed by atoms with Gasteiger partial charge in [-0.25, -0.2) is 17.5 Å². The zero-order chi connectivity index (χ0) is 24.6. The van der Waals surface area contributed by atoms with E-state index >= 15 is 0 Å². The van der Waals surface area contributed by atoms with E-state index in [9.17, 15) is 22.4 Å². The highest BCUT2D eigenvalue weighted by Crippen LogP contribution is 2.21. The summed E-state index contributed by atoms with van der Waals surface area (Å²) in [6, 6.07) is 12.1. The highest BCUT2D eigenvalue weighted by molar-refractivity contribution is 7.89. The van der Waals surface area contributed by atoms with Gasteiger partial charge in [0.05, 0.1) is 17.5 Å². The van der Waals surface area contributed by atoms with Crippen LogP contribution in [0.5, 0.6) is 0 Å². The number of hydrogen-bond acceptors (Lipinski definition) is 5. The monoisotopic (exact) mass is 491 g/mol. The molecule has 1 heterocycles. The van der Waals surface area contributed by atoms with Gasteiger partial charge in [0.2, 0.25) is 21.8 Å². The van der Waals surface area contributed by atoms with Crippen molar-refractivity contribution in [2.45, 2.75) is 49.6 Å². The van der Waals surface area contributed by atoms with Crippen LogP contribution in [-0.4, -0.2) is 52.1 Å². The van der Waals surface area contributed by atoms with Gasteiger partial charge in [-0.05, 0) is 55.7 Å². The van der Waals surface area contributed by atoms with Crippen molar-refractivity contribution in [2.75, 3.05) is 24.6 Å². The van der Waals surface area contributed by atoms with Crippen LogP contribution in [0, 0.1) is 5.82 Å². The SMILES string of the molecule is CCCC(C(=O)NCC1CCCO1)N(C(=O)CNS(=O)(=O)c1ccc(F)cc1)c1ccccc1. The molecule has 8 nitrogen and oxygen atoms in total. The van der Waals surface area contributed by atoms with Crippen LogP contribution in [0.3, 0.4) is 0 Å². The maximum Gasteiger partial charge on any atom is 0.243 e. The number of rotatable bonds is 11. The Labute approximate surface area is 199 Å². The number of para-hydroxylation sites is 1. The lowest BCUT2D eigenvalue weighted by atomic mass is 10.1. The molecule has 10 heteroatoms. The predicted molar refractivity (Wildman–Crippen MR) is 126 cm³/mol. The van der Waals surface area contributed by atoms with Gasteiger partial charge in [0, 0.05) is 18.8 Å². The van der Waals surface area contributed by atoms with Crippen molar-refractivity contribution in [3.63, 3.8) is 0 Å². The van der Waals surface area contributed by atoms with E-state index in [1.165, 1.54) is 4.90 Å². The summed E-state index contributed by atoms with van der Waals surface area (Å²) in [5.41, 5.74) is 0.485. The number of ether oxygens (including phenoxy) is 1. The average molecular weight is 492 g/mol. The molecular weight excluding hydrogens is 461 g/mol. The number of benzene rings is 2. The Morgan fingerprint density at radius 2 is 1.85 bits per heavy atom. The molecule has 2 aromatic rings. The summed E-state index contributed by atoms with van der Waals surface area (Å²) in [5, 5.41) is 2.89. The minimum absolute atomic E-state index is 0.0466. The van der Waals surface area contributed by atoms with Gasteiger partial charge >= 0.3 is 0 Å². The molecule has 0 bridgehead atoms. The topological polar surface area (TPSA) is 105 Å². The number of carbonyl (C=O) groups is 2. The van der Waals surface area contributed by atoms with Crippen molar-refractivity contribution in [1.29, 1.82) is 0 Å². The van der Waals surface area contributed by atoms with E-state index in [1.807, 2.05) is 6.92 Å². The number of carbonyl (C=O) groups excluding carboxylic acids is 2. The molecule has 3 rings (SSSR count).